The number of methoxy groups -OCH3 is 1. The first-order valence-electron chi connectivity index (χ1n) is 5.39. The van der Waals surface area contributed by atoms with Crippen molar-refractivity contribution in [2.75, 3.05) is 20.2 Å². The molecule has 0 aromatic rings. The molecule has 0 spiro atoms. The minimum absolute atomic E-state index is 0.0301. The first kappa shape index (κ1) is 11.8. The lowest BCUT2D eigenvalue weighted by Crippen LogP contribution is -2.38. The molecule has 1 fully saturated rings. The van der Waals surface area contributed by atoms with Crippen LogP contribution in [0.1, 0.15) is 12.8 Å². The minimum atomic E-state index is -1.14. The number of aliphatic carboxylic acids is 1. The summed E-state index contributed by atoms with van der Waals surface area (Å²) in [5.41, 5.74) is -0.106. The molecule has 0 aliphatic carbocycles. The van der Waals surface area contributed by atoms with E-state index in [1.807, 2.05) is 0 Å². The highest BCUT2D eigenvalue weighted by molar-refractivity contribution is 6.36. The highest BCUT2D eigenvalue weighted by Gasteiger charge is 2.37. The van der Waals surface area contributed by atoms with Crippen molar-refractivity contribution in [1.82, 2.24) is 4.90 Å². The quantitative estimate of drug-likeness (QED) is 0.718. The van der Waals surface area contributed by atoms with Crippen LogP contribution in [-0.4, -0.2) is 60.0 Å². The first-order valence-corrected chi connectivity index (χ1v) is 5.39. The molecule has 7 nitrogen and oxygen atoms in total. The highest BCUT2D eigenvalue weighted by atomic mass is 16.6. The molecule has 2 rings (SSSR count). The maximum Gasteiger partial charge on any atom is 0.353 e. The standard InChI is InChI=1S/C10H14N2O5/c1-16-6-2-3-12(5-6)9(13)8-4-7(10(14)15)11-17-8/h6,8H,2-5H2,1H3,(H,14,15). The average molecular weight is 242 g/mol. The maximum absolute atomic E-state index is 12.0. The molecule has 2 aliphatic rings. The lowest BCUT2D eigenvalue weighted by molar-refractivity contribution is -0.141. The molecule has 7 heteroatoms. The molecule has 2 heterocycles. The molecule has 1 amide bonds. The lowest BCUT2D eigenvalue weighted by Gasteiger charge is -2.18. The van der Waals surface area contributed by atoms with E-state index in [1.165, 1.54) is 0 Å². The summed E-state index contributed by atoms with van der Waals surface area (Å²) >= 11 is 0. The summed E-state index contributed by atoms with van der Waals surface area (Å²) in [7, 11) is 1.61. The Hall–Kier alpha value is -1.63. The van der Waals surface area contributed by atoms with Crippen molar-refractivity contribution in [2.45, 2.75) is 25.0 Å². The van der Waals surface area contributed by atoms with Crippen molar-refractivity contribution < 1.29 is 24.3 Å². The zero-order valence-corrected chi connectivity index (χ0v) is 9.46. The van der Waals surface area contributed by atoms with Gasteiger partial charge in [0, 0.05) is 26.6 Å². The summed E-state index contributed by atoms with van der Waals surface area (Å²) in [6.45, 7) is 1.14. The Kier molecular flexibility index (Phi) is 3.28. The normalized spacial score (nSPS) is 27.8. The number of rotatable bonds is 3. The van der Waals surface area contributed by atoms with E-state index in [1.54, 1.807) is 12.0 Å². The third kappa shape index (κ3) is 2.38. The second-order valence-electron chi connectivity index (χ2n) is 4.07. The molecule has 2 atom stereocenters. The highest BCUT2D eigenvalue weighted by Crippen LogP contribution is 2.18. The predicted molar refractivity (Wildman–Crippen MR) is 56.6 cm³/mol. The molecule has 0 aromatic carbocycles. The average Bonchev–Trinajstić information content (AvgIpc) is 2.97. The number of carboxylic acids is 1. The van der Waals surface area contributed by atoms with E-state index < -0.39 is 12.1 Å². The number of amides is 1. The summed E-state index contributed by atoms with van der Waals surface area (Å²) in [5, 5.41) is 12.1. The fraction of sp³-hybridized carbons (Fsp3) is 0.700. The van der Waals surface area contributed by atoms with Crippen LogP contribution in [0, 0.1) is 0 Å². The van der Waals surface area contributed by atoms with Crippen LogP contribution in [0.3, 0.4) is 0 Å². The zero-order valence-electron chi connectivity index (χ0n) is 9.46. The van der Waals surface area contributed by atoms with E-state index in [0.717, 1.165) is 6.42 Å². The molecule has 1 saturated heterocycles. The minimum Gasteiger partial charge on any atom is -0.477 e. The Morgan fingerprint density at radius 2 is 2.35 bits per heavy atom. The molecule has 0 saturated carbocycles. The maximum atomic E-state index is 12.0. The molecule has 0 aromatic heterocycles. The van der Waals surface area contributed by atoms with Gasteiger partial charge in [0.2, 0.25) is 6.10 Å². The van der Waals surface area contributed by atoms with E-state index >= 15 is 0 Å². The van der Waals surface area contributed by atoms with Crippen LogP contribution in [0.4, 0.5) is 0 Å². The summed E-state index contributed by atoms with van der Waals surface area (Å²) in [5.74, 6) is -1.36. The Labute approximate surface area is 98.0 Å². The van der Waals surface area contributed by atoms with Crippen molar-refractivity contribution in [3.05, 3.63) is 0 Å². The number of hydrogen-bond acceptors (Lipinski definition) is 5. The van der Waals surface area contributed by atoms with Gasteiger partial charge in [-0.25, -0.2) is 4.79 Å². The zero-order chi connectivity index (χ0) is 12.4. The molecule has 1 N–H and O–H groups in total. The Morgan fingerprint density at radius 1 is 1.59 bits per heavy atom. The molecular weight excluding hydrogens is 228 g/mol. The third-order valence-electron chi connectivity index (χ3n) is 2.98. The summed E-state index contributed by atoms with van der Waals surface area (Å²) in [6.07, 6.45) is 0.0844. The van der Waals surface area contributed by atoms with Crippen LogP contribution >= 0.6 is 0 Å². The van der Waals surface area contributed by atoms with Gasteiger partial charge in [0.1, 0.15) is 0 Å². The van der Waals surface area contributed by atoms with Gasteiger partial charge in [0.15, 0.2) is 5.71 Å². The number of hydrogen-bond donors (Lipinski definition) is 1. The molecule has 2 unspecified atom stereocenters. The SMILES string of the molecule is COC1CCN(C(=O)C2CC(C(=O)O)=NO2)C1. The molecule has 0 radical (unpaired) electrons. The molecule has 2 aliphatic heterocycles. The smallest absolute Gasteiger partial charge is 0.353 e. The topological polar surface area (TPSA) is 88.4 Å². The van der Waals surface area contributed by atoms with Crippen molar-refractivity contribution in [1.29, 1.82) is 0 Å². The van der Waals surface area contributed by atoms with E-state index in [2.05, 4.69) is 5.16 Å². The van der Waals surface area contributed by atoms with Gasteiger partial charge in [-0.3, -0.25) is 4.79 Å². The second kappa shape index (κ2) is 4.70. The third-order valence-corrected chi connectivity index (χ3v) is 2.98. The monoisotopic (exact) mass is 242 g/mol. The van der Waals surface area contributed by atoms with Gasteiger partial charge in [-0.15, -0.1) is 0 Å². The summed E-state index contributed by atoms with van der Waals surface area (Å²) < 4.78 is 5.16. The van der Waals surface area contributed by atoms with Crippen molar-refractivity contribution in [3.63, 3.8) is 0 Å². The number of carbonyl (C=O) groups excluding carboxylic acids is 1. The first-order chi connectivity index (χ1) is 8.11. The number of carboxylic acid groups (broad SMARTS) is 1. The summed E-state index contributed by atoms with van der Waals surface area (Å²) in [6, 6.07) is 0. The van der Waals surface area contributed by atoms with E-state index in [0.29, 0.717) is 13.1 Å². The van der Waals surface area contributed by atoms with Crippen molar-refractivity contribution >= 4 is 17.6 Å². The fourth-order valence-electron chi connectivity index (χ4n) is 1.96. The number of ether oxygens (including phenoxy) is 1. The van der Waals surface area contributed by atoms with E-state index in [-0.39, 0.29) is 24.1 Å². The van der Waals surface area contributed by atoms with Gasteiger partial charge in [-0.05, 0) is 6.42 Å². The molecule has 17 heavy (non-hydrogen) atoms. The second-order valence-corrected chi connectivity index (χ2v) is 4.07. The van der Waals surface area contributed by atoms with Crippen LogP contribution in [0.25, 0.3) is 0 Å². The summed E-state index contributed by atoms with van der Waals surface area (Å²) in [4.78, 5) is 29.1. The van der Waals surface area contributed by atoms with Gasteiger partial charge in [-0.1, -0.05) is 5.16 Å². The van der Waals surface area contributed by atoms with Crippen LogP contribution in [0.15, 0.2) is 5.16 Å². The number of oxime groups is 1. The number of carbonyl (C=O) groups is 2. The number of likely N-dealkylation sites (tertiary alicyclic amines) is 1. The largest absolute Gasteiger partial charge is 0.477 e. The fourth-order valence-corrected chi connectivity index (χ4v) is 1.96. The van der Waals surface area contributed by atoms with E-state index in [9.17, 15) is 9.59 Å². The van der Waals surface area contributed by atoms with E-state index in [4.69, 9.17) is 14.7 Å². The van der Waals surface area contributed by atoms with Gasteiger partial charge in [0.25, 0.3) is 5.91 Å². The van der Waals surface area contributed by atoms with Gasteiger partial charge < -0.3 is 19.6 Å². The van der Waals surface area contributed by atoms with Crippen molar-refractivity contribution in [2.24, 2.45) is 5.16 Å². The van der Waals surface area contributed by atoms with Crippen molar-refractivity contribution in [3.8, 4) is 0 Å². The lowest BCUT2D eigenvalue weighted by atomic mass is 10.1. The van der Waals surface area contributed by atoms with Gasteiger partial charge in [-0.2, -0.15) is 0 Å². The Bertz CT molecular complexity index is 368. The Morgan fingerprint density at radius 3 is 2.88 bits per heavy atom. The molecule has 0 bridgehead atoms. The predicted octanol–water partition coefficient (Wildman–Crippen LogP) is -0.537. The van der Waals surface area contributed by atoms with Gasteiger partial charge in [0.05, 0.1) is 6.10 Å². The molecule has 94 valence electrons. The van der Waals surface area contributed by atoms with Crippen LogP contribution in [0.2, 0.25) is 0 Å². The van der Waals surface area contributed by atoms with Crippen LogP contribution in [0.5, 0.6) is 0 Å². The van der Waals surface area contributed by atoms with Crippen LogP contribution in [-0.2, 0) is 19.2 Å². The van der Waals surface area contributed by atoms with Gasteiger partial charge >= 0.3 is 5.97 Å². The Balaban J connectivity index is 1.89. The molecular formula is C10H14N2O5. The number of nitrogens with zero attached hydrogens (tertiary/aromatic N) is 2. The van der Waals surface area contributed by atoms with Crippen LogP contribution < -0.4 is 0 Å².